The average Bonchev–Trinajstić information content (AvgIpc) is 2.49. The molecule has 0 saturated carbocycles. The highest BCUT2D eigenvalue weighted by Crippen LogP contribution is 2.36. The number of rotatable bonds is 4. The third-order valence-electron chi connectivity index (χ3n) is 3.13. The number of hydrogen-bond acceptors (Lipinski definition) is 2. The van der Waals surface area contributed by atoms with E-state index < -0.39 is 0 Å². The van der Waals surface area contributed by atoms with Gasteiger partial charge in [-0.2, -0.15) is 0 Å². The molecule has 0 spiro atoms. The zero-order valence-corrected chi connectivity index (χ0v) is 12.8. The van der Waals surface area contributed by atoms with Gasteiger partial charge in [0.1, 0.15) is 0 Å². The Hall–Kier alpha value is -1.84. The highest BCUT2D eigenvalue weighted by atomic mass is 35.5. The van der Waals surface area contributed by atoms with Crippen LogP contribution < -0.4 is 5.32 Å². The van der Waals surface area contributed by atoms with Crippen molar-refractivity contribution in [3.05, 3.63) is 57.6 Å². The maximum Gasteiger partial charge on any atom is 0.224 e. The summed E-state index contributed by atoms with van der Waals surface area (Å²) in [7, 11) is 1.60. The molecule has 2 aromatic rings. The lowest BCUT2D eigenvalue weighted by molar-refractivity contribution is -0.119. The van der Waals surface area contributed by atoms with Gasteiger partial charge in [0.05, 0.1) is 11.4 Å². The van der Waals surface area contributed by atoms with E-state index in [1.807, 2.05) is 24.3 Å². The fourth-order valence-electron chi connectivity index (χ4n) is 1.99. The number of halogens is 2. The van der Waals surface area contributed by atoms with Gasteiger partial charge in [0.25, 0.3) is 0 Å². The Morgan fingerprint density at radius 2 is 1.81 bits per heavy atom. The van der Waals surface area contributed by atoms with Gasteiger partial charge in [0.2, 0.25) is 5.91 Å². The van der Waals surface area contributed by atoms with Crippen molar-refractivity contribution in [1.29, 1.82) is 0 Å². The number of benzene rings is 2. The highest BCUT2D eigenvalue weighted by molar-refractivity contribution is 6.40. The summed E-state index contributed by atoms with van der Waals surface area (Å²) in [4.78, 5) is 22.3. The van der Waals surface area contributed by atoms with Crippen LogP contribution in [0.25, 0.3) is 11.1 Å². The molecule has 2 rings (SSSR count). The van der Waals surface area contributed by atoms with Crippen LogP contribution in [0, 0.1) is 0 Å². The number of hydrogen-bond donors (Lipinski definition) is 1. The van der Waals surface area contributed by atoms with Gasteiger partial charge in [-0.05, 0) is 23.3 Å². The Morgan fingerprint density at radius 3 is 2.38 bits per heavy atom. The van der Waals surface area contributed by atoms with Gasteiger partial charge in [0.15, 0.2) is 6.29 Å². The van der Waals surface area contributed by atoms with E-state index in [2.05, 4.69) is 5.32 Å². The molecule has 21 heavy (non-hydrogen) atoms. The van der Waals surface area contributed by atoms with Crippen LogP contribution in [0.2, 0.25) is 10.0 Å². The lowest BCUT2D eigenvalue weighted by atomic mass is 10.0. The SMILES string of the molecule is CNC(=O)Cc1ccc(-c2c(Cl)ccc(C=O)c2Cl)cc1. The van der Waals surface area contributed by atoms with Crippen molar-refractivity contribution in [1.82, 2.24) is 5.32 Å². The van der Waals surface area contributed by atoms with Crippen LogP contribution in [0.15, 0.2) is 36.4 Å². The maximum atomic E-state index is 11.3. The lowest BCUT2D eigenvalue weighted by Gasteiger charge is -2.10. The minimum absolute atomic E-state index is 0.0539. The van der Waals surface area contributed by atoms with E-state index in [1.54, 1.807) is 19.2 Å². The van der Waals surface area contributed by atoms with Crippen LogP contribution in [-0.4, -0.2) is 19.2 Å². The van der Waals surface area contributed by atoms with Crippen LogP contribution in [0.5, 0.6) is 0 Å². The Morgan fingerprint density at radius 1 is 1.14 bits per heavy atom. The fourth-order valence-corrected chi connectivity index (χ4v) is 2.62. The zero-order valence-electron chi connectivity index (χ0n) is 11.3. The molecule has 0 aromatic heterocycles. The molecular weight excluding hydrogens is 309 g/mol. The third-order valence-corrected chi connectivity index (χ3v) is 3.86. The summed E-state index contributed by atoms with van der Waals surface area (Å²) in [5.74, 6) is -0.0539. The first kappa shape index (κ1) is 15.5. The van der Waals surface area contributed by atoms with Gasteiger partial charge >= 0.3 is 0 Å². The molecule has 0 aliphatic rings. The van der Waals surface area contributed by atoms with Gasteiger partial charge < -0.3 is 5.32 Å². The Labute approximate surface area is 132 Å². The molecule has 0 heterocycles. The Bertz CT molecular complexity index is 681. The minimum atomic E-state index is -0.0539. The van der Waals surface area contributed by atoms with Gasteiger partial charge in [-0.1, -0.05) is 47.5 Å². The van der Waals surface area contributed by atoms with E-state index in [4.69, 9.17) is 23.2 Å². The molecule has 5 heteroatoms. The summed E-state index contributed by atoms with van der Waals surface area (Å²) in [6.07, 6.45) is 1.01. The van der Waals surface area contributed by atoms with Gasteiger partial charge in [-0.25, -0.2) is 0 Å². The molecule has 1 amide bonds. The van der Waals surface area contributed by atoms with Crippen LogP contribution in [0.4, 0.5) is 0 Å². The van der Waals surface area contributed by atoms with E-state index >= 15 is 0 Å². The molecule has 0 saturated heterocycles. The second-order valence-electron chi connectivity index (χ2n) is 4.49. The predicted molar refractivity (Wildman–Crippen MR) is 85.1 cm³/mol. The van der Waals surface area contributed by atoms with Crippen LogP contribution in [0.1, 0.15) is 15.9 Å². The quantitative estimate of drug-likeness (QED) is 0.871. The second-order valence-corrected chi connectivity index (χ2v) is 5.28. The summed E-state index contributed by atoms with van der Waals surface area (Å²) in [6, 6.07) is 10.6. The van der Waals surface area contributed by atoms with E-state index in [0.717, 1.165) is 11.1 Å². The average molecular weight is 322 g/mol. The monoisotopic (exact) mass is 321 g/mol. The Kier molecular flexibility index (Phi) is 4.99. The standard InChI is InChI=1S/C16H13Cl2NO2/c1-19-14(21)8-10-2-4-11(5-3-10)15-13(17)7-6-12(9-20)16(15)18/h2-7,9H,8H2,1H3,(H,19,21). The van der Waals surface area contributed by atoms with E-state index in [-0.39, 0.29) is 5.91 Å². The molecule has 0 bridgehead atoms. The molecule has 0 radical (unpaired) electrons. The summed E-state index contributed by atoms with van der Waals surface area (Å²) < 4.78 is 0. The fraction of sp³-hybridized carbons (Fsp3) is 0.125. The number of nitrogens with one attached hydrogen (secondary N) is 1. The second kappa shape index (κ2) is 6.74. The van der Waals surface area contributed by atoms with Crippen LogP contribution in [-0.2, 0) is 11.2 Å². The molecule has 0 unspecified atom stereocenters. The normalized spacial score (nSPS) is 10.2. The molecule has 108 valence electrons. The van der Waals surface area contributed by atoms with Crippen molar-refractivity contribution in [3.63, 3.8) is 0 Å². The van der Waals surface area contributed by atoms with E-state index in [1.165, 1.54) is 0 Å². The van der Waals surface area contributed by atoms with E-state index in [0.29, 0.717) is 33.9 Å². The lowest BCUT2D eigenvalue weighted by Crippen LogP contribution is -2.19. The minimum Gasteiger partial charge on any atom is -0.359 e. The highest BCUT2D eigenvalue weighted by Gasteiger charge is 2.12. The van der Waals surface area contributed by atoms with Crippen molar-refractivity contribution in [2.75, 3.05) is 7.05 Å². The number of carbonyl (C=O) groups excluding carboxylic acids is 2. The molecule has 3 nitrogen and oxygen atoms in total. The van der Waals surface area contributed by atoms with Crippen molar-refractivity contribution in [3.8, 4) is 11.1 Å². The van der Waals surface area contributed by atoms with Crippen molar-refractivity contribution in [2.24, 2.45) is 0 Å². The van der Waals surface area contributed by atoms with Crippen molar-refractivity contribution < 1.29 is 9.59 Å². The number of aldehydes is 1. The molecular formula is C16H13Cl2NO2. The molecule has 2 aromatic carbocycles. The van der Waals surface area contributed by atoms with Gasteiger partial charge in [-0.3, -0.25) is 9.59 Å². The number of carbonyl (C=O) groups is 2. The first-order valence-electron chi connectivity index (χ1n) is 6.30. The number of amides is 1. The Balaban J connectivity index is 2.39. The zero-order chi connectivity index (χ0) is 15.4. The smallest absolute Gasteiger partial charge is 0.224 e. The van der Waals surface area contributed by atoms with Crippen molar-refractivity contribution >= 4 is 35.4 Å². The van der Waals surface area contributed by atoms with E-state index in [9.17, 15) is 9.59 Å². The first-order chi connectivity index (χ1) is 10.1. The summed E-state index contributed by atoms with van der Waals surface area (Å²) >= 11 is 12.4. The molecule has 0 aliphatic heterocycles. The molecule has 1 N–H and O–H groups in total. The molecule has 0 atom stereocenters. The molecule has 0 aliphatic carbocycles. The molecule has 0 fully saturated rings. The van der Waals surface area contributed by atoms with Crippen LogP contribution in [0.3, 0.4) is 0 Å². The summed E-state index contributed by atoms with van der Waals surface area (Å²) in [5.41, 5.74) is 2.70. The summed E-state index contributed by atoms with van der Waals surface area (Å²) in [6.45, 7) is 0. The third kappa shape index (κ3) is 3.43. The predicted octanol–water partition coefficient (Wildman–Crippen LogP) is 3.76. The van der Waals surface area contributed by atoms with Gasteiger partial charge in [0, 0.05) is 23.2 Å². The van der Waals surface area contributed by atoms with Crippen LogP contribution >= 0.6 is 23.2 Å². The van der Waals surface area contributed by atoms with Gasteiger partial charge in [-0.15, -0.1) is 0 Å². The number of likely N-dealkylation sites (N-methyl/N-ethyl adjacent to an activating group) is 1. The van der Waals surface area contributed by atoms with Crippen molar-refractivity contribution in [2.45, 2.75) is 6.42 Å². The maximum absolute atomic E-state index is 11.3. The first-order valence-corrected chi connectivity index (χ1v) is 7.05. The largest absolute Gasteiger partial charge is 0.359 e. The topological polar surface area (TPSA) is 46.2 Å². The summed E-state index contributed by atoms with van der Waals surface area (Å²) in [5, 5.41) is 3.38.